The minimum Gasteiger partial charge on any atom is -0.392 e. The number of anilines is 1. The third kappa shape index (κ3) is 3.45. The Balaban J connectivity index is 1.65. The standard InChI is InChI=1S/C23H31N3O4/c1-4-26-21(17(12-24-26)7-5-15(2)3)20(28)13-25-19-8-6-16(14-27)11-18(19)23(29)9-10-30-22(23)25/h6,8,11-12,15,22,27,29H,4-5,7,9-10,13-14H2,1-3H3. The Morgan fingerprint density at radius 2 is 2.20 bits per heavy atom. The molecule has 0 radical (unpaired) electrons. The molecule has 162 valence electrons. The van der Waals surface area contributed by atoms with Gasteiger partial charge in [0.25, 0.3) is 0 Å². The average Bonchev–Trinajstić information content (AvgIpc) is 3.38. The maximum absolute atomic E-state index is 13.5. The van der Waals surface area contributed by atoms with Crippen molar-refractivity contribution >= 4 is 11.5 Å². The highest BCUT2D eigenvalue weighted by atomic mass is 16.5. The van der Waals surface area contributed by atoms with E-state index in [1.165, 1.54) is 0 Å². The molecule has 2 N–H and O–H groups in total. The van der Waals surface area contributed by atoms with Crippen molar-refractivity contribution in [2.75, 3.05) is 18.1 Å². The number of carbonyl (C=O) groups excluding carboxylic acids is 1. The molecule has 7 nitrogen and oxygen atoms in total. The number of carbonyl (C=O) groups is 1. The Hall–Kier alpha value is -2.22. The molecular formula is C23H31N3O4. The highest BCUT2D eigenvalue weighted by Gasteiger charge is 2.54. The van der Waals surface area contributed by atoms with Gasteiger partial charge < -0.3 is 19.8 Å². The lowest BCUT2D eigenvalue weighted by Gasteiger charge is -2.28. The van der Waals surface area contributed by atoms with Crippen molar-refractivity contribution < 1.29 is 19.7 Å². The molecule has 1 saturated heterocycles. The van der Waals surface area contributed by atoms with Gasteiger partial charge in [0, 0.05) is 29.8 Å². The summed E-state index contributed by atoms with van der Waals surface area (Å²) in [6.45, 7) is 7.40. The lowest BCUT2D eigenvalue weighted by atomic mass is 9.92. The van der Waals surface area contributed by atoms with Crippen molar-refractivity contribution in [3.05, 3.63) is 46.8 Å². The van der Waals surface area contributed by atoms with Crippen LogP contribution >= 0.6 is 0 Å². The number of nitrogens with zero attached hydrogens (tertiary/aromatic N) is 3. The van der Waals surface area contributed by atoms with Gasteiger partial charge in [0.15, 0.2) is 12.0 Å². The number of rotatable bonds is 8. The molecule has 1 aromatic carbocycles. The SMILES string of the molecule is CCn1ncc(CCC(C)C)c1C(=O)CN1c2ccc(CO)cc2C2(O)CCOC12. The quantitative estimate of drug-likeness (QED) is 0.647. The van der Waals surface area contributed by atoms with Gasteiger partial charge >= 0.3 is 0 Å². The molecule has 4 rings (SSSR count). The molecule has 0 bridgehead atoms. The molecule has 0 aliphatic carbocycles. The normalized spacial score (nSPS) is 22.6. The van der Waals surface area contributed by atoms with Crippen molar-refractivity contribution in [3.63, 3.8) is 0 Å². The van der Waals surface area contributed by atoms with E-state index in [1.807, 2.05) is 36.2 Å². The second kappa shape index (κ2) is 8.13. The summed E-state index contributed by atoms with van der Waals surface area (Å²) in [6.07, 6.45) is 3.50. The van der Waals surface area contributed by atoms with Crippen molar-refractivity contribution in [1.29, 1.82) is 0 Å². The number of aliphatic hydroxyl groups is 2. The molecule has 2 aliphatic heterocycles. The Morgan fingerprint density at radius 1 is 1.40 bits per heavy atom. The van der Waals surface area contributed by atoms with Gasteiger partial charge in [-0.15, -0.1) is 0 Å². The fourth-order valence-corrected chi connectivity index (χ4v) is 4.62. The van der Waals surface area contributed by atoms with Crippen molar-refractivity contribution in [2.24, 2.45) is 5.92 Å². The highest BCUT2D eigenvalue weighted by Crippen LogP contribution is 2.49. The van der Waals surface area contributed by atoms with E-state index in [1.54, 1.807) is 4.68 Å². The molecule has 2 aromatic rings. The lowest BCUT2D eigenvalue weighted by molar-refractivity contribution is -0.0301. The van der Waals surface area contributed by atoms with Crippen molar-refractivity contribution in [1.82, 2.24) is 9.78 Å². The number of aliphatic hydroxyl groups excluding tert-OH is 1. The summed E-state index contributed by atoms with van der Waals surface area (Å²) in [5, 5.41) is 25.3. The second-order valence-corrected chi connectivity index (χ2v) is 8.72. The highest BCUT2D eigenvalue weighted by molar-refractivity contribution is 5.99. The molecule has 7 heteroatoms. The van der Waals surface area contributed by atoms with Crippen LogP contribution in [0.15, 0.2) is 24.4 Å². The fourth-order valence-electron chi connectivity index (χ4n) is 4.62. The van der Waals surface area contributed by atoms with Crippen LogP contribution in [0.3, 0.4) is 0 Å². The first-order valence-corrected chi connectivity index (χ1v) is 10.8. The molecule has 0 spiro atoms. The van der Waals surface area contributed by atoms with E-state index in [2.05, 4.69) is 18.9 Å². The molecule has 0 amide bonds. The Morgan fingerprint density at radius 3 is 2.90 bits per heavy atom. The van der Waals surface area contributed by atoms with Crippen LogP contribution < -0.4 is 4.90 Å². The summed E-state index contributed by atoms with van der Waals surface area (Å²) in [6, 6.07) is 5.52. The number of benzene rings is 1. The van der Waals surface area contributed by atoms with Gasteiger partial charge in [-0.25, -0.2) is 0 Å². The Labute approximate surface area is 177 Å². The number of aryl methyl sites for hydroxylation is 2. The van der Waals surface area contributed by atoms with E-state index in [-0.39, 0.29) is 18.9 Å². The monoisotopic (exact) mass is 413 g/mol. The maximum atomic E-state index is 13.5. The van der Waals surface area contributed by atoms with Gasteiger partial charge in [-0.3, -0.25) is 9.48 Å². The minimum atomic E-state index is -1.16. The number of hydrogen-bond acceptors (Lipinski definition) is 6. The number of fused-ring (bicyclic) bond motifs is 3. The molecule has 1 aromatic heterocycles. The van der Waals surface area contributed by atoms with Gasteiger partial charge in [-0.1, -0.05) is 19.9 Å². The van der Waals surface area contributed by atoms with Gasteiger partial charge in [-0.05, 0) is 43.4 Å². The number of Topliss-reactive ketones (excluding diaryl/α,β-unsaturated/α-hetero) is 1. The summed E-state index contributed by atoms with van der Waals surface area (Å²) in [4.78, 5) is 15.3. The number of hydrogen-bond donors (Lipinski definition) is 2. The van der Waals surface area contributed by atoms with Crippen LogP contribution in [0.1, 0.15) is 60.8 Å². The van der Waals surface area contributed by atoms with Gasteiger partial charge in [-0.2, -0.15) is 5.10 Å². The molecule has 2 aliphatic rings. The maximum Gasteiger partial charge on any atom is 0.200 e. The third-order valence-electron chi connectivity index (χ3n) is 6.25. The average molecular weight is 414 g/mol. The van der Waals surface area contributed by atoms with E-state index in [0.717, 1.165) is 35.2 Å². The lowest BCUT2D eigenvalue weighted by Crippen LogP contribution is -2.44. The zero-order valence-corrected chi connectivity index (χ0v) is 18.0. The molecule has 30 heavy (non-hydrogen) atoms. The zero-order chi connectivity index (χ0) is 21.5. The van der Waals surface area contributed by atoms with Crippen LogP contribution in [0.5, 0.6) is 0 Å². The van der Waals surface area contributed by atoms with E-state index in [0.29, 0.717) is 31.2 Å². The van der Waals surface area contributed by atoms with Crippen LogP contribution in [-0.2, 0) is 29.9 Å². The topological polar surface area (TPSA) is 87.8 Å². The zero-order valence-electron chi connectivity index (χ0n) is 18.0. The molecule has 0 saturated carbocycles. The fraction of sp³-hybridized carbons (Fsp3) is 0.565. The van der Waals surface area contributed by atoms with Crippen LogP contribution in [0, 0.1) is 5.92 Å². The summed E-state index contributed by atoms with van der Waals surface area (Å²) >= 11 is 0. The van der Waals surface area contributed by atoms with Gasteiger partial charge in [0.2, 0.25) is 0 Å². The molecule has 2 unspecified atom stereocenters. The second-order valence-electron chi connectivity index (χ2n) is 8.72. The largest absolute Gasteiger partial charge is 0.392 e. The van der Waals surface area contributed by atoms with Gasteiger partial charge in [0.05, 0.1) is 26.0 Å². The van der Waals surface area contributed by atoms with E-state index in [4.69, 9.17) is 4.74 Å². The summed E-state index contributed by atoms with van der Waals surface area (Å²) < 4.78 is 7.64. The third-order valence-corrected chi connectivity index (χ3v) is 6.25. The smallest absolute Gasteiger partial charge is 0.200 e. The summed E-state index contributed by atoms with van der Waals surface area (Å²) in [5.41, 5.74) is 2.73. The predicted molar refractivity (Wildman–Crippen MR) is 113 cm³/mol. The molecule has 3 heterocycles. The van der Waals surface area contributed by atoms with Crippen molar-refractivity contribution in [3.8, 4) is 0 Å². The van der Waals surface area contributed by atoms with Crippen LogP contribution in [-0.4, -0.2) is 45.2 Å². The first-order chi connectivity index (χ1) is 14.4. The minimum absolute atomic E-state index is 0.0231. The van der Waals surface area contributed by atoms with Crippen LogP contribution in [0.2, 0.25) is 0 Å². The van der Waals surface area contributed by atoms with Crippen LogP contribution in [0.4, 0.5) is 5.69 Å². The molecular weight excluding hydrogens is 382 g/mol. The first-order valence-electron chi connectivity index (χ1n) is 10.8. The molecule has 1 fully saturated rings. The van der Waals surface area contributed by atoms with E-state index in [9.17, 15) is 15.0 Å². The number of ether oxygens (including phenoxy) is 1. The van der Waals surface area contributed by atoms with Crippen molar-refractivity contribution in [2.45, 2.75) is 65.0 Å². The number of ketones is 1. The van der Waals surface area contributed by atoms with Gasteiger partial charge in [0.1, 0.15) is 11.3 Å². The van der Waals surface area contributed by atoms with E-state index < -0.39 is 11.8 Å². The predicted octanol–water partition coefficient (Wildman–Crippen LogP) is 2.62. The molecule has 2 atom stereocenters. The van der Waals surface area contributed by atoms with E-state index >= 15 is 0 Å². The Bertz CT molecular complexity index is 939. The number of aromatic nitrogens is 2. The van der Waals surface area contributed by atoms with Crippen LogP contribution in [0.25, 0.3) is 0 Å². The first kappa shape index (κ1) is 21.0. The summed E-state index contributed by atoms with van der Waals surface area (Å²) in [5.74, 6) is 0.524. The Kier molecular flexibility index (Phi) is 5.70. The summed E-state index contributed by atoms with van der Waals surface area (Å²) in [7, 11) is 0.